The molecule has 22 heavy (non-hydrogen) atoms. The van der Waals surface area contributed by atoms with Crippen LogP contribution in [0.25, 0.3) is 0 Å². The Morgan fingerprint density at radius 1 is 1.23 bits per heavy atom. The van der Waals surface area contributed by atoms with Gasteiger partial charge in [-0.05, 0) is 27.7 Å². The van der Waals surface area contributed by atoms with Gasteiger partial charge in [-0.25, -0.2) is 20.0 Å². The van der Waals surface area contributed by atoms with E-state index in [0.29, 0.717) is 6.54 Å². The van der Waals surface area contributed by atoms with Gasteiger partial charge in [-0.15, -0.1) is 0 Å². The molecule has 1 fully saturated rings. The Morgan fingerprint density at radius 2 is 1.86 bits per heavy atom. The molecule has 0 aromatic heterocycles. The molecule has 7 heteroatoms. The molecule has 122 valence electrons. The Labute approximate surface area is 129 Å². The molecule has 0 amide bonds. The number of esters is 2. The fourth-order valence-corrected chi connectivity index (χ4v) is 2.89. The van der Waals surface area contributed by atoms with E-state index in [2.05, 4.69) is 5.43 Å². The summed E-state index contributed by atoms with van der Waals surface area (Å²) in [5, 5.41) is 1.53. The molecule has 1 saturated heterocycles. The number of hydrogen-bond acceptors (Lipinski definition) is 7. The molecule has 0 radical (unpaired) electrons. The van der Waals surface area contributed by atoms with E-state index in [0.717, 1.165) is 11.1 Å². The third-order valence-electron chi connectivity index (χ3n) is 4.20. The number of nitrogens with zero attached hydrogens (tertiary/aromatic N) is 1. The average molecular weight is 310 g/mol. The predicted octanol–water partition coefficient (Wildman–Crippen LogP) is 0.349. The first-order valence-corrected chi connectivity index (χ1v) is 7.45. The third-order valence-corrected chi connectivity index (χ3v) is 4.20. The van der Waals surface area contributed by atoms with Crippen molar-refractivity contribution in [3.63, 3.8) is 0 Å². The smallest absolute Gasteiger partial charge is 0.336 e. The second-order valence-electron chi connectivity index (χ2n) is 5.58. The summed E-state index contributed by atoms with van der Waals surface area (Å²) in [6.45, 7) is 7.91. The molecule has 2 unspecified atom stereocenters. The zero-order valence-electron chi connectivity index (χ0n) is 13.4. The van der Waals surface area contributed by atoms with Crippen molar-refractivity contribution in [2.24, 2.45) is 0 Å². The van der Waals surface area contributed by atoms with Crippen molar-refractivity contribution in [1.29, 1.82) is 0 Å². The maximum atomic E-state index is 12.8. The lowest BCUT2D eigenvalue weighted by Gasteiger charge is -2.38. The van der Waals surface area contributed by atoms with Crippen LogP contribution in [0.3, 0.4) is 0 Å². The SMILES string of the molecule is CCOC(=O)C1NN2CC(C)=C(C)CC2(C(=O)OCC)C1=O. The molecular formula is C15H22N2O5. The number of Topliss-reactive ketones (excluding diaryl/α,β-unsaturated/α-hetero) is 1. The standard InChI is InChI=1S/C15H22N2O5/c1-5-21-13(19)11-12(18)15(14(20)22-6-2)7-9(3)10(4)8-17(15)16-11/h11,16H,5-8H2,1-4H3. The van der Waals surface area contributed by atoms with E-state index in [1.54, 1.807) is 13.8 Å². The van der Waals surface area contributed by atoms with Crippen LogP contribution in [0.2, 0.25) is 0 Å². The molecule has 2 rings (SSSR count). The lowest BCUT2D eigenvalue weighted by Crippen LogP contribution is -2.60. The van der Waals surface area contributed by atoms with Gasteiger partial charge in [-0.3, -0.25) is 4.79 Å². The number of carbonyl (C=O) groups is 3. The van der Waals surface area contributed by atoms with E-state index in [-0.39, 0.29) is 19.6 Å². The summed E-state index contributed by atoms with van der Waals surface area (Å²) in [6, 6.07) is -1.16. The van der Waals surface area contributed by atoms with Gasteiger partial charge in [0, 0.05) is 13.0 Å². The Kier molecular flexibility index (Phi) is 4.67. The van der Waals surface area contributed by atoms with Gasteiger partial charge in [0.05, 0.1) is 13.2 Å². The molecule has 0 aromatic carbocycles. The Bertz CT molecular complexity index is 542. The summed E-state index contributed by atoms with van der Waals surface area (Å²) >= 11 is 0. The van der Waals surface area contributed by atoms with Crippen molar-refractivity contribution in [1.82, 2.24) is 10.4 Å². The summed E-state index contributed by atoms with van der Waals surface area (Å²) in [7, 11) is 0. The number of nitrogens with one attached hydrogen (secondary N) is 1. The Morgan fingerprint density at radius 3 is 2.45 bits per heavy atom. The van der Waals surface area contributed by atoms with Crippen molar-refractivity contribution < 1.29 is 23.9 Å². The highest BCUT2D eigenvalue weighted by atomic mass is 16.5. The number of rotatable bonds is 4. The number of carbonyl (C=O) groups excluding carboxylic acids is 3. The molecule has 2 aliphatic heterocycles. The minimum atomic E-state index is -1.48. The van der Waals surface area contributed by atoms with Crippen molar-refractivity contribution in [3.8, 4) is 0 Å². The van der Waals surface area contributed by atoms with Crippen molar-refractivity contribution in [2.45, 2.75) is 45.7 Å². The maximum absolute atomic E-state index is 12.8. The number of hydrogen-bond donors (Lipinski definition) is 1. The molecule has 2 aliphatic rings. The van der Waals surface area contributed by atoms with Crippen LogP contribution in [0.15, 0.2) is 11.1 Å². The second kappa shape index (κ2) is 6.18. The molecule has 7 nitrogen and oxygen atoms in total. The zero-order chi connectivity index (χ0) is 16.5. The van der Waals surface area contributed by atoms with Crippen LogP contribution >= 0.6 is 0 Å². The molecule has 2 heterocycles. The first kappa shape index (κ1) is 16.6. The monoisotopic (exact) mass is 310 g/mol. The first-order chi connectivity index (χ1) is 10.4. The van der Waals surface area contributed by atoms with E-state index in [4.69, 9.17) is 9.47 Å². The van der Waals surface area contributed by atoms with Crippen LogP contribution in [0, 0.1) is 0 Å². The van der Waals surface area contributed by atoms with E-state index in [1.165, 1.54) is 5.01 Å². The van der Waals surface area contributed by atoms with Crippen molar-refractivity contribution >= 4 is 17.7 Å². The van der Waals surface area contributed by atoms with Gasteiger partial charge in [-0.1, -0.05) is 11.1 Å². The van der Waals surface area contributed by atoms with Crippen molar-refractivity contribution in [3.05, 3.63) is 11.1 Å². The fraction of sp³-hybridized carbons (Fsp3) is 0.667. The molecular weight excluding hydrogens is 288 g/mol. The minimum Gasteiger partial charge on any atom is -0.464 e. The highest BCUT2D eigenvalue weighted by Crippen LogP contribution is 2.37. The molecule has 0 spiro atoms. The predicted molar refractivity (Wildman–Crippen MR) is 77.6 cm³/mol. The topological polar surface area (TPSA) is 84.9 Å². The van der Waals surface area contributed by atoms with Crippen LogP contribution in [0.4, 0.5) is 0 Å². The maximum Gasteiger partial charge on any atom is 0.336 e. The Hall–Kier alpha value is -1.73. The van der Waals surface area contributed by atoms with Gasteiger partial charge in [-0.2, -0.15) is 0 Å². The normalized spacial score (nSPS) is 28.5. The van der Waals surface area contributed by atoms with Crippen LogP contribution in [-0.4, -0.2) is 54.1 Å². The summed E-state index contributed by atoms with van der Waals surface area (Å²) in [5.41, 5.74) is 3.38. The Balaban J connectivity index is 2.40. The van der Waals surface area contributed by atoms with Gasteiger partial charge >= 0.3 is 11.9 Å². The van der Waals surface area contributed by atoms with E-state index in [1.807, 2.05) is 13.8 Å². The lowest BCUT2D eigenvalue weighted by molar-refractivity contribution is -0.160. The summed E-state index contributed by atoms with van der Waals surface area (Å²) in [4.78, 5) is 37.3. The minimum absolute atomic E-state index is 0.174. The van der Waals surface area contributed by atoms with Crippen LogP contribution in [0.1, 0.15) is 34.1 Å². The number of fused-ring (bicyclic) bond motifs is 1. The zero-order valence-corrected chi connectivity index (χ0v) is 13.4. The fourth-order valence-electron chi connectivity index (χ4n) is 2.89. The van der Waals surface area contributed by atoms with Gasteiger partial charge in [0.1, 0.15) is 0 Å². The largest absolute Gasteiger partial charge is 0.464 e. The summed E-state index contributed by atoms with van der Waals surface area (Å²) in [6.07, 6.45) is 0.222. The molecule has 0 saturated carbocycles. The number of hydrazine groups is 1. The quantitative estimate of drug-likeness (QED) is 0.455. The van der Waals surface area contributed by atoms with E-state index >= 15 is 0 Å². The summed E-state index contributed by atoms with van der Waals surface area (Å²) in [5.74, 6) is -1.79. The van der Waals surface area contributed by atoms with E-state index in [9.17, 15) is 14.4 Å². The van der Waals surface area contributed by atoms with Crippen molar-refractivity contribution in [2.75, 3.05) is 19.8 Å². The second-order valence-corrected chi connectivity index (χ2v) is 5.58. The van der Waals surface area contributed by atoms with Gasteiger partial charge in [0.2, 0.25) is 0 Å². The van der Waals surface area contributed by atoms with E-state index < -0.39 is 29.3 Å². The molecule has 0 bridgehead atoms. The van der Waals surface area contributed by atoms with Gasteiger partial charge < -0.3 is 9.47 Å². The third kappa shape index (κ3) is 2.44. The van der Waals surface area contributed by atoms with Crippen LogP contribution in [0.5, 0.6) is 0 Å². The van der Waals surface area contributed by atoms with Crippen LogP contribution in [-0.2, 0) is 23.9 Å². The lowest BCUT2D eigenvalue weighted by atomic mass is 9.81. The van der Waals surface area contributed by atoms with Gasteiger partial charge in [0.25, 0.3) is 0 Å². The summed E-state index contributed by atoms with van der Waals surface area (Å²) < 4.78 is 10.0. The number of ether oxygens (including phenoxy) is 2. The molecule has 0 aromatic rings. The number of ketones is 1. The molecule has 2 atom stereocenters. The highest BCUT2D eigenvalue weighted by molar-refractivity contribution is 6.19. The van der Waals surface area contributed by atoms with Gasteiger partial charge in [0.15, 0.2) is 17.4 Å². The average Bonchev–Trinajstić information content (AvgIpc) is 2.74. The first-order valence-electron chi connectivity index (χ1n) is 7.45. The highest BCUT2D eigenvalue weighted by Gasteiger charge is 2.63. The van der Waals surface area contributed by atoms with Crippen LogP contribution < -0.4 is 5.43 Å². The molecule has 1 N–H and O–H groups in total. The molecule has 0 aliphatic carbocycles.